The van der Waals surface area contributed by atoms with Crippen LogP contribution in [0, 0.1) is 18.8 Å². The first-order valence-corrected chi connectivity index (χ1v) is 9.70. The fourth-order valence-corrected chi connectivity index (χ4v) is 3.36. The maximum absolute atomic E-state index is 11.4. The quantitative estimate of drug-likeness (QED) is 0.845. The Hall–Kier alpha value is 0.256. The van der Waals surface area contributed by atoms with Crippen molar-refractivity contribution in [3.63, 3.8) is 0 Å². The molecule has 0 atom stereocenters. The minimum atomic E-state index is -2.93. The Labute approximate surface area is 150 Å². The molecule has 102 valence electrons. The van der Waals surface area contributed by atoms with Crippen molar-refractivity contribution in [2.75, 3.05) is -0.153 Å². The molecule has 19 heavy (non-hydrogen) atoms. The van der Waals surface area contributed by atoms with Crippen molar-refractivity contribution in [1.82, 2.24) is 0 Å². The molecule has 0 aliphatic heterocycles. The molecular formula is C13H20KNO3S. The monoisotopic (exact) mass is 309 g/mol. The normalized spacial score (nSPS) is 10.6. The van der Waals surface area contributed by atoms with Gasteiger partial charge >= 0.3 is 109 Å². The van der Waals surface area contributed by atoms with Crippen molar-refractivity contribution in [2.45, 2.75) is 38.2 Å². The molecule has 0 radical (unpaired) electrons. The summed E-state index contributed by atoms with van der Waals surface area (Å²) in [6.45, 7) is 10.7. The number of hydrogen-bond donors (Lipinski definition) is 1. The zero-order valence-electron chi connectivity index (χ0n) is 12.2. The molecule has 1 rings (SSSR count). The van der Waals surface area contributed by atoms with E-state index in [1.165, 1.54) is 0 Å². The van der Waals surface area contributed by atoms with Gasteiger partial charge in [0.2, 0.25) is 0 Å². The molecule has 0 fully saturated rings. The van der Waals surface area contributed by atoms with Crippen LogP contribution in [-0.2, 0) is 9.84 Å². The zero-order chi connectivity index (χ0) is 15.7. The van der Waals surface area contributed by atoms with Crippen LogP contribution in [0.3, 0.4) is 0 Å². The van der Waals surface area contributed by atoms with Gasteiger partial charge in [0.05, 0.1) is 5.60 Å². The van der Waals surface area contributed by atoms with Crippen molar-refractivity contribution >= 4 is 58.8 Å². The van der Waals surface area contributed by atoms with Crippen molar-refractivity contribution in [2.24, 2.45) is 0 Å². The van der Waals surface area contributed by atoms with Gasteiger partial charge in [0.15, 0.2) is 0 Å². The second-order valence-electron chi connectivity index (χ2n) is 4.89. The number of aryl methyl sites for hydroxylation is 1. The predicted octanol–water partition coefficient (Wildman–Crippen LogP) is 1.81. The minimum absolute atomic E-state index is 0.350. The van der Waals surface area contributed by atoms with E-state index in [4.69, 9.17) is 10.4 Å². The SMILES string of the molecule is C#N.CC(C)(C)O.Cc1ccc(S(=O)(=O)[CH2][K])cc1. The number of sulfone groups is 1. The van der Waals surface area contributed by atoms with Gasteiger partial charge in [-0.2, -0.15) is 0 Å². The number of benzene rings is 1. The zero-order valence-corrected chi connectivity index (χ0v) is 16.2. The molecule has 0 spiro atoms. The summed E-state index contributed by atoms with van der Waals surface area (Å²) in [5, 5.41) is 15.0. The van der Waals surface area contributed by atoms with Crippen LogP contribution in [0.1, 0.15) is 26.3 Å². The molecular weight excluding hydrogens is 289 g/mol. The van der Waals surface area contributed by atoms with Crippen molar-refractivity contribution in [3.8, 4) is 6.57 Å². The second-order valence-corrected chi connectivity index (χ2v) is 9.87. The third-order valence-corrected chi connectivity index (χ3v) is 7.07. The molecule has 0 aromatic heterocycles. The fourth-order valence-electron chi connectivity index (χ4n) is 0.912. The Kier molecular flexibility index (Phi) is 11.4. The summed E-state index contributed by atoms with van der Waals surface area (Å²) < 4.78 is 23.1. The summed E-state index contributed by atoms with van der Waals surface area (Å²) in [5.74, 6) is 0. The second kappa shape index (κ2) is 10.1. The maximum atomic E-state index is 11.4. The Bertz CT molecular complexity index is 467. The third-order valence-electron chi connectivity index (χ3n) is 1.76. The van der Waals surface area contributed by atoms with E-state index in [0.717, 1.165) is 5.56 Å². The molecule has 4 nitrogen and oxygen atoms in total. The summed E-state index contributed by atoms with van der Waals surface area (Å²) in [6, 6.07) is 7.01. The number of nitriles is 1. The van der Waals surface area contributed by atoms with Crippen LogP contribution < -0.4 is 0 Å². The average Bonchev–Trinajstić information content (AvgIpc) is 2.30. The molecule has 0 amide bonds. The van der Waals surface area contributed by atoms with E-state index >= 15 is 0 Å². The van der Waals surface area contributed by atoms with Gasteiger partial charge in [-0.3, -0.25) is 0 Å². The van der Waals surface area contributed by atoms with E-state index in [0.29, 0.717) is 53.7 Å². The van der Waals surface area contributed by atoms with Gasteiger partial charge in [-0.15, -0.1) is 0 Å². The van der Waals surface area contributed by atoms with E-state index in [9.17, 15) is 8.42 Å². The first-order valence-electron chi connectivity index (χ1n) is 5.84. The molecule has 0 saturated heterocycles. The van der Waals surface area contributed by atoms with Crippen LogP contribution >= 0.6 is 0 Å². The molecule has 0 aliphatic carbocycles. The summed E-state index contributed by atoms with van der Waals surface area (Å²) >= 11 is 0.358. The standard InChI is InChI=1S/C8H9O2S.C4H10O.CHN.K/c1-7-3-5-8(6-4-7)11(2,9)10;1-4(2,3)5;1-2;/h3-6H,2H2,1H3;5H,1-3H3;1H;. The van der Waals surface area contributed by atoms with E-state index in [1.807, 2.05) is 19.1 Å². The van der Waals surface area contributed by atoms with E-state index in [2.05, 4.69) is 6.57 Å². The summed E-state index contributed by atoms with van der Waals surface area (Å²) in [6.07, 6.45) is 0. The first kappa shape index (κ1) is 21.6. The first-order chi connectivity index (χ1) is 8.56. The summed E-state index contributed by atoms with van der Waals surface area (Å²) in [4.78, 5) is 0.459. The fraction of sp³-hybridized carbons (Fsp3) is 0.462. The molecule has 0 bridgehead atoms. The summed E-state index contributed by atoms with van der Waals surface area (Å²) in [5.41, 5.74) is 0.589. The van der Waals surface area contributed by atoms with Gasteiger partial charge in [-0.05, 0) is 20.8 Å². The van der Waals surface area contributed by atoms with Crippen LogP contribution in [0.25, 0.3) is 0 Å². The molecule has 0 aliphatic rings. The Morgan fingerprint density at radius 2 is 1.53 bits per heavy atom. The molecule has 1 aromatic carbocycles. The summed E-state index contributed by atoms with van der Waals surface area (Å²) in [7, 11) is -2.93. The van der Waals surface area contributed by atoms with Crippen LogP contribution in [0.5, 0.6) is 0 Å². The number of nitrogens with zero attached hydrogens (tertiary/aromatic N) is 1. The molecule has 1 N–H and O–H groups in total. The number of hydrogen-bond acceptors (Lipinski definition) is 4. The topological polar surface area (TPSA) is 78.2 Å². The average molecular weight is 309 g/mol. The molecule has 6 heteroatoms. The van der Waals surface area contributed by atoms with Gasteiger partial charge in [0.25, 0.3) is 0 Å². The molecule has 0 unspecified atom stereocenters. The van der Waals surface area contributed by atoms with Crippen molar-refractivity contribution in [1.29, 1.82) is 5.26 Å². The van der Waals surface area contributed by atoms with Crippen LogP contribution in [0.2, 0.25) is 0 Å². The number of aliphatic hydroxyl groups is 1. The van der Waals surface area contributed by atoms with E-state index in [-0.39, 0.29) is 0 Å². The van der Waals surface area contributed by atoms with E-state index in [1.54, 1.807) is 32.9 Å². The molecule has 0 saturated carbocycles. The van der Waals surface area contributed by atoms with Crippen LogP contribution in [-0.4, -0.2) is 67.9 Å². The molecule has 0 heterocycles. The number of rotatable bonds is 2. The van der Waals surface area contributed by atoms with Gasteiger partial charge in [-0.1, -0.05) is 0 Å². The van der Waals surface area contributed by atoms with E-state index < -0.39 is 15.4 Å². The van der Waals surface area contributed by atoms with Gasteiger partial charge in [0, 0.05) is 6.57 Å². The van der Waals surface area contributed by atoms with Crippen molar-refractivity contribution < 1.29 is 13.5 Å². The Balaban J connectivity index is 0. The van der Waals surface area contributed by atoms with Gasteiger partial charge < -0.3 is 5.11 Å². The predicted molar refractivity (Wildman–Crippen MR) is 77.6 cm³/mol. The molecule has 1 aromatic rings. The third kappa shape index (κ3) is 13.0. The van der Waals surface area contributed by atoms with Crippen molar-refractivity contribution in [3.05, 3.63) is 29.8 Å². The van der Waals surface area contributed by atoms with Crippen LogP contribution in [0.4, 0.5) is 0 Å². The van der Waals surface area contributed by atoms with Gasteiger partial charge in [-0.25, -0.2) is 5.26 Å². The van der Waals surface area contributed by atoms with Crippen LogP contribution in [0.15, 0.2) is 29.2 Å². The van der Waals surface area contributed by atoms with Gasteiger partial charge in [0.1, 0.15) is 0 Å². The Morgan fingerprint density at radius 3 is 1.79 bits per heavy atom. The Morgan fingerprint density at radius 1 is 1.21 bits per heavy atom.